The predicted molar refractivity (Wildman–Crippen MR) is 110 cm³/mol. The minimum absolute atomic E-state index is 0.000285. The van der Waals surface area contributed by atoms with Gasteiger partial charge in [0.2, 0.25) is 0 Å². The van der Waals surface area contributed by atoms with E-state index >= 15 is 0 Å². The van der Waals surface area contributed by atoms with Crippen LogP contribution in [0.2, 0.25) is 5.02 Å². The first kappa shape index (κ1) is 21.8. The van der Waals surface area contributed by atoms with Crippen molar-refractivity contribution >= 4 is 23.5 Å². The molecule has 0 aliphatic carbocycles. The van der Waals surface area contributed by atoms with Crippen LogP contribution >= 0.6 is 11.6 Å². The first-order chi connectivity index (χ1) is 14.5. The molecule has 1 unspecified atom stereocenters. The van der Waals surface area contributed by atoms with Gasteiger partial charge in [0.1, 0.15) is 23.2 Å². The Labute approximate surface area is 179 Å². The highest BCUT2D eigenvalue weighted by Crippen LogP contribution is 2.25. The minimum atomic E-state index is -0.525. The van der Waals surface area contributed by atoms with Gasteiger partial charge in [-0.15, -0.1) is 0 Å². The lowest BCUT2D eigenvalue weighted by Gasteiger charge is -2.42. The summed E-state index contributed by atoms with van der Waals surface area (Å²) >= 11 is 5.89. The molecule has 2 aromatic rings. The van der Waals surface area contributed by atoms with Crippen molar-refractivity contribution in [3.8, 4) is 5.75 Å². The van der Waals surface area contributed by atoms with Crippen molar-refractivity contribution in [3.05, 3.63) is 70.6 Å². The van der Waals surface area contributed by atoms with E-state index in [2.05, 4.69) is 0 Å². The third kappa shape index (κ3) is 5.60. The van der Waals surface area contributed by atoms with Crippen LogP contribution in [0.3, 0.4) is 0 Å². The fraction of sp³-hybridized carbons (Fsp3) is 0.318. The second-order valence-electron chi connectivity index (χ2n) is 6.87. The van der Waals surface area contributed by atoms with Crippen LogP contribution in [0.15, 0.2) is 54.2 Å². The highest BCUT2D eigenvalue weighted by atomic mass is 35.5. The molecule has 0 saturated carbocycles. The fourth-order valence-electron chi connectivity index (χ4n) is 3.34. The lowest BCUT2D eigenvalue weighted by Crippen LogP contribution is -2.52. The maximum Gasteiger partial charge on any atom is 0.307 e. The maximum atomic E-state index is 13.2. The van der Waals surface area contributed by atoms with E-state index in [4.69, 9.17) is 21.1 Å². The average Bonchev–Trinajstić information content (AvgIpc) is 2.76. The Morgan fingerprint density at radius 2 is 1.87 bits per heavy atom. The molecule has 30 heavy (non-hydrogen) atoms. The van der Waals surface area contributed by atoms with Crippen molar-refractivity contribution in [2.75, 3.05) is 26.9 Å². The standard InChI is InChI=1S/C22H22ClFN2O4/c1-29-22(28)12-20-21(14-27)26(15-30-19-8-4-17(23)5-9-19)11-10-25(20)13-16-2-6-18(24)7-3-16/h2-9,20H,10-13,15H2,1H3. The summed E-state index contributed by atoms with van der Waals surface area (Å²) in [4.78, 5) is 27.6. The topological polar surface area (TPSA) is 59.1 Å². The zero-order chi connectivity index (χ0) is 21.5. The van der Waals surface area contributed by atoms with E-state index in [9.17, 15) is 14.0 Å². The highest BCUT2D eigenvalue weighted by Gasteiger charge is 2.34. The number of hydrogen-bond acceptors (Lipinski definition) is 6. The number of benzene rings is 2. The number of esters is 1. The summed E-state index contributed by atoms with van der Waals surface area (Å²) in [7, 11) is 1.31. The lowest BCUT2D eigenvalue weighted by molar-refractivity contribution is -0.142. The molecule has 0 spiro atoms. The summed E-state index contributed by atoms with van der Waals surface area (Å²) in [5.74, 6) is 1.85. The number of methoxy groups -OCH3 is 1. The van der Waals surface area contributed by atoms with E-state index in [1.807, 2.05) is 10.8 Å². The number of carbonyl (C=O) groups excluding carboxylic acids is 2. The molecule has 0 amide bonds. The molecule has 158 valence electrons. The molecule has 2 aromatic carbocycles. The number of halogens is 2. The molecule has 8 heteroatoms. The Kier molecular flexibility index (Phi) is 7.46. The van der Waals surface area contributed by atoms with Crippen LogP contribution in [0.5, 0.6) is 5.75 Å². The Balaban J connectivity index is 1.75. The Morgan fingerprint density at radius 3 is 2.50 bits per heavy atom. The third-order valence-corrected chi connectivity index (χ3v) is 5.20. The Morgan fingerprint density at radius 1 is 1.17 bits per heavy atom. The molecule has 0 aromatic heterocycles. The van der Waals surface area contributed by atoms with Crippen LogP contribution in [-0.4, -0.2) is 54.7 Å². The molecule has 0 N–H and O–H groups in total. The summed E-state index contributed by atoms with van der Waals surface area (Å²) in [6.45, 7) is 1.68. The van der Waals surface area contributed by atoms with Gasteiger partial charge in [-0.05, 0) is 42.0 Å². The van der Waals surface area contributed by atoms with E-state index in [1.54, 1.807) is 41.3 Å². The van der Waals surface area contributed by atoms with Gasteiger partial charge >= 0.3 is 5.97 Å². The normalized spacial score (nSPS) is 16.8. The van der Waals surface area contributed by atoms with Gasteiger partial charge in [-0.25, -0.2) is 9.18 Å². The fourth-order valence-corrected chi connectivity index (χ4v) is 3.47. The average molecular weight is 433 g/mol. The summed E-state index contributed by atoms with van der Waals surface area (Å²) in [5, 5.41) is 0.600. The molecule has 0 radical (unpaired) electrons. The van der Waals surface area contributed by atoms with Gasteiger partial charge in [0.25, 0.3) is 0 Å². The van der Waals surface area contributed by atoms with Gasteiger partial charge in [-0.1, -0.05) is 23.7 Å². The van der Waals surface area contributed by atoms with Gasteiger partial charge in [-0.2, -0.15) is 0 Å². The zero-order valence-corrected chi connectivity index (χ0v) is 17.3. The van der Waals surface area contributed by atoms with Crippen molar-refractivity contribution in [3.63, 3.8) is 0 Å². The van der Waals surface area contributed by atoms with Gasteiger partial charge in [0.05, 0.1) is 19.6 Å². The molecule has 0 bridgehead atoms. The lowest BCUT2D eigenvalue weighted by atomic mass is 10.0. The number of carbonyl (C=O) groups is 1. The van der Waals surface area contributed by atoms with Crippen molar-refractivity contribution in [1.82, 2.24) is 9.80 Å². The number of piperazine rings is 1. The van der Waals surface area contributed by atoms with Gasteiger partial charge in [0, 0.05) is 24.7 Å². The van der Waals surface area contributed by atoms with E-state index < -0.39 is 12.0 Å². The Hall–Kier alpha value is -2.86. The Bertz CT molecular complexity index is 914. The minimum Gasteiger partial charge on any atom is -0.473 e. The predicted octanol–water partition coefficient (Wildman–Crippen LogP) is 3.28. The third-order valence-electron chi connectivity index (χ3n) is 4.95. The van der Waals surface area contributed by atoms with Crippen molar-refractivity contribution in [2.45, 2.75) is 19.0 Å². The maximum absolute atomic E-state index is 13.2. The molecule has 1 fully saturated rings. The second kappa shape index (κ2) is 10.3. The van der Waals surface area contributed by atoms with Crippen molar-refractivity contribution in [2.24, 2.45) is 0 Å². The van der Waals surface area contributed by atoms with E-state index in [0.717, 1.165) is 5.56 Å². The van der Waals surface area contributed by atoms with Gasteiger partial charge < -0.3 is 14.4 Å². The van der Waals surface area contributed by atoms with Crippen LogP contribution in [0.1, 0.15) is 12.0 Å². The highest BCUT2D eigenvalue weighted by molar-refractivity contribution is 6.30. The molecular formula is C22H22ClFN2O4. The first-order valence-electron chi connectivity index (χ1n) is 9.43. The van der Waals surface area contributed by atoms with Crippen molar-refractivity contribution in [1.29, 1.82) is 0 Å². The summed E-state index contributed by atoms with van der Waals surface area (Å²) < 4.78 is 23.8. The van der Waals surface area contributed by atoms with Crippen molar-refractivity contribution < 1.29 is 23.5 Å². The van der Waals surface area contributed by atoms with E-state index in [-0.39, 0.29) is 19.0 Å². The summed E-state index contributed by atoms with van der Waals surface area (Å²) in [6, 6.07) is 12.5. The molecule has 1 aliphatic rings. The number of ether oxygens (including phenoxy) is 2. The molecular weight excluding hydrogens is 411 g/mol. The van der Waals surface area contributed by atoms with Crippen LogP contribution in [0.4, 0.5) is 4.39 Å². The number of rotatable bonds is 7. The van der Waals surface area contributed by atoms with Crippen LogP contribution in [0.25, 0.3) is 0 Å². The molecule has 3 rings (SSSR count). The summed E-state index contributed by atoms with van der Waals surface area (Å²) in [6.07, 6.45) is -0.000285. The van der Waals surface area contributed by atoms with E-state index in [1.165, 1.54) is 19.2 Å². The van der Waals surface area contributed by atoms with Crippen LogP contribution in [-0.2, 0) is 20.9 Å². The molecule has 1 heterocycles. The zero-order valence-electron chi connectivity index (χ0n) is 16.5. The first-order valence-corrected chi connectivity index (χ1v) is 9.81. The van der Waals surface area contributed by atoms with Gasteiger partial charge in [-0.3, -0.25) is 9.69 Å². The van der Waals surface area contributed by atoms with Crippen LogP contribution < -0.4 is 4.74 Å². The molecule has 6 nitrogen and oxygen atoms in total. The van der Waals surface area contributed by atoms with Gasteiger partial charge in [0.15, 0.2) is 6.73 Å². The largest absolute Gasteiger partial charge is 0.473 e. The number of nitrogens with zero attached hydrogens (tertiary/aromatic N) is 2. The summed E-state index contributed by atoms with van der Waals surface area (Å²) in [5.41, 5.74) is 1.20. The second-order valence-corrected chi connectivity index (χ2v) is 7.31. The van der Waals surface area contributed by atoms with Crippen LogP contribution in [0, 0.1) is 5.82 Å². The number of hydrogen-bond donors (Lipinski definition) is 0. The molecule has 1 aliphatic heterocycles. The quantitative estimate of drug-likeness (QED) is 0.494. The molecule has 1 saturated heterocycles. The van der Waals surface area contributed by atoms with E-state index in [0.29, 0.717) is 36.1 Å². The SMILES string of the molecule is COC(=O)CC1C(=C=O)N(COc2ccc(Cl)cc2)CCN1Cc1ccc(F)cc1. The molecule has 1 atom stereocenters. The monoisotopic (exact) mass is 432 g/mol. The smallest absolute Gasteiger partial charge is 0.307 e.